The van der Waals surface area contributed by atoms with Gasteiger partial charge in [0.1, 0.15) is 0 Å². The van der Waals surface area contributed by atoms with Crippen molar-refractivity contribution in [3.8, 4) is 0 Å². The summed E-state index contributed by atoms with van der Waals surface area (Å²) in [4.78, 5) is 21.5. The van der Waals surface area contributed by atoms with E-state index in [0.717, 1.165) is 20.0 Å². The molecule has 0 spiro atoms. The van der Waals surface area contributed by atoms with Gasteiger partial charge in [-0.1, -0.05) is 12.8 Å². The second-order valence-electron chi connectivity index (χ2n) is 3.29. The number of hydrogen-bond acceptors (Lipinski definition) is 3. The van der Waals surface area contributed by atoms with Crippen LogP contribution in [0.4, 0.5) is 0 Å². The van der Waals surface area contributed by atoms with Crippen LogP contribution in [0.2, 0.25) is 0 Å². The summed E-state index contributed by atoms with van der Waals surface area (Å²) in [5.74, 6) is -2.66. The first kappa shape index (κ1) is 9.98. The molecule has 0 aliphatic heterocycles. The van der Waals surface area contributed by atoms with Crippen molar-refractivity contribution in [3.05, 3.63) is 0 Å². The highest BCUT2D eigenvalue weighted by molar-refractivity contribution is 6.01. The van der Waals surface area contributed by atoms with E-state index in [2.05, 4.69) is 4.74 Å². The van der Waals surface area contributed by atoms with Gasteiger partial charge in [0.15, 0.2) is 0 Å². The fraction of sp³-hybridized carbons (Fsp3) is 0.750. The lowest BCUT2D eigenvalue weighted by Gasteiger charge is -2.22. The third-order valence-corrected chi connectivity index (χ3v) is 2.31. The Labute approximate surface area is 75.3 Å². The van der Waals surface area contributed by atoms with Crippen molar-refractivity contribution in [1.82, 2.24) is 0 Å². The van der Waals surface area contributed by atoms with Crippen LogP contribution in [0.5, 0.6) is 0 Å². The molecule has 5 heteroatoms. The summed E-state index contributed by atoms with van der Waals surface area (Å²) in [6.07, 6.45) is 1.85. The average Bonchev–Trinajstić information content (AvgIpc) is 2.82. The Bertz CT molecular complexity index is 217. The molecule has 0 saturated heterocycles. The lowest BCUT2D eigenvalue weighted by molar-refractivity contribution is -0.181. The molecule has 0 atom stereocenters. The number of hydrogen-bond donors (Lipinski definition) is 2. The summed E-state index contributed by atoms with van der Waals surface area (Å²) in [5, 5.41) is 17.5. The summed E-state index contributed by atoms with van der Waals surface area (Å²) in [5.41, 5.74) is -2.04. The lowest BCUT2D eigenvalue weighted by Crippen LogP contribution is -2.48. The largest absolute Gasteiger partial charge is 0.479 e. The van der Waals surface area contributed by atoms with Gasteiger partial charge in [-0.3, -0.25) is 0 Å². The van der Waals surface area contributed by atoms with Crippen LogP contribution in [0.15, 0.2) is 0 Å². The Balaban J connectivity index is 2.79. The van der Waals surface area contributed by atoms with Gasteiger partial charge in [0.2, 0.25) is 0 Å². The predicted molar refractivity (Wildman–Crippen MR) is 42.4 cm³/mol. The van der Waals surface area contributed by atoms with Crippen molar-refractivity contribution in [2.24, 2.45) is 5.92 Å². The molecule has 5 nitrogen and oxygen atoms in total. The molecule has 0 heterocycles. The van der Waals surface area contributed by atoms with Crippen molar-refractivity contribution in [1.29, 1.82) is 0 Å². The number of rotatable bonds is 5. The molecular formula is C8H12O5. The van der Waals surface area contributed by atoms with E-state index in [0.29, 0.717) is 0 Å². The molecule has 0 aromatic carbocycles. The van der Waals surface area contributed by atoms with Crippen LogP contribution in [0.1, 0.15) is 19.3 Å². The standard InChI is InChI=1S/C8H12O5/c1-13-8(6(9)10,7(11)12)4-5-2-3-5/h5H,2-4H2,1H3,(H,9,10)(H,11,12). The molecule has 13 heavy (non-hydrogen) atoms. The number of methoxy groups -OCH3 is 1. The first-order chi connectivity index (χ1) is 6.03. The zero-order valence-corrected chi connectivity index (χ0v) is 7.32. The van der Waals surface area contributed by atoms with Crippen molar-refractivity contribution in [3.63, 3.8) is 0 Å². The SMILES string of the molecule is COC(CC1CC1)(C(=O)O)C(=O)O. The van der Waals surface area contributed by atoms with E-state index in [-0.39, 0.29) is 12.3 Å². The maximum absolute atomic E-state index is 10.8. The smallest absolute Gasteiger partial charge is 0.347 e. The van der Waals surface area contributed by atoms with Gasteiger partial charge >= 0.3 is 11.9 Å². The van der Waals surface area contributed by atoms with Crippen LogP contribution < -0.4 is 0 Å². The topological polar surface area (TPSA) is 83.8 Å². The van der Waals surface area contributed by atoms with Crippen LogP contribution in [-0.2, 0) is 14.3 Å². The quantitative estimate of drug-likeness (QED) is 0.608. The molecule has 0 aromatic rings. The minimum absolute atomic E-state index is 0.0637. The first-order valence-electron chi connectivity index (χ1n) is 4.05. The van der Waals surface area contributed by atoms with Gasteiger partial charge in [0.05, 0.1) is 0 Å². The fourth-order valence-corrected chi connectivity index (χ4v) is 1.25. The van der Waals surface area contributed by atoms with E-state index < -0.39 is 17.5 Å². The van der Waals surface area contributed by atoms with Gasteiger partial charge < -0.3 is 14.9 Å². The Morgan fingerprint density at radius 3 is 2.08 bits per heavy atom. The maximum atomic E-state index is 10.8. The second-order valence-corrected chi connectivity index (χ2v) is 3.29. The number of carboxylic acid groups (broad SMARTS) is 2. The van der Waals surface area contributed by atoms with Crippen molar-refractivity contribution in [2.75, 3.05) is 7.11 Å². The third kappa shape index (κ3) is 1.80. The minimum atomic E-state index is -2.04. The molecule has 2 N–H and O–H groups in total. The number of carboxylic acids is 2. The second kappa shape index (κ2) is 3.33. The first-order valence-corrected chi connectivity index (χ1v) is 4.05. The Morgan fingerprint density at radius 2 is 1.85 bits per heavy atom. The fourth-order valence-electron chi connectivity index (χ4n) is 1.25. The molecule has 1 saturated carbocycles. The molecule has 1 rings (SSSR count). The van der Waals surface area contributed by atoms with Crippen molar-refractivity contribution in [2.45, 2.75) is 24.9 Å². The highest BCUT2D eigenvalue weighted by atomic mass is 16.5. The zero-order chi connectivity index (χ0) is 10.1. The monoisotopic (exact) mass is 188 g/mol. The van der Waals surface area contributed by atoms with Gasteiger partial charge in [0.25, 0.3) is 5.60 Å². The average molecular weight is 188 g/mol. The molecule has 0 unspecified atom stereocenters. The zero-order valence-electron chi connectivity index (χ0n) is 7.32. The van der Waals surface area contributed by atoms with Crippen LogP contribution in [0, 0.1) is 5.92 Å². The minimum Gasteiger partial charge on any atom is -0.479 e. The molecule has 1 aliphatic carbocycles. The molecule has 74 valence electrons. The van der Waals surface area contributed by atoms with Crippen LogP contribution in [0.3, 0.4) is 0 Å². The van der Waals surface area contributed by atoms with Crippen LogP contribution >= 0.6 is 0 Å². The van der Waals surface area contributed by atoms with E-state index in [1.807, 2.05) is 0 Å². The predicted octanol–water partition coefficient (Wildman–Crippen LogP) is 0.341. The number of ether oxygens (including phenoxy) is 1. The van der Waals surface area contributed by atoms with Crippen molar-refractivity contribution < 1.29 is 24.5 Å². The van der Waals surface area contributed by atoms with E-state index in [4.69, 9.17) is 10.2 Å². The van der Waals surface area contributed by atoms with Crippen LogP contribution in [0.25, 0.3) is 0 Å². The molecule has 0 bridgehead atoms. The van der Waals surface area contributed by atoms with Gasteiger partial charge in [-0.25, -0.2) is 9.59 Å². The number of aliphatic carboxylic acids is 2. The van der Waals surface area contributed by atoms with E-state index in [1.165, 1.54) is 0 Å². The molecule has 0 radical (unpaired) electrons. The molecule has 1 aliphatic rings. The van der Waals surface area contributed by atoms with Crippen molar-refractivity contribution >= 4 is 11.9 Å². The van der Waals surface area contributed by atoms with Gasteiger partial charge in [-0.2, -0.15) is 0 Å². The summed E-state index contributed by atoms with van der Waals surface area (Å²) in [7, 11) is 1.12. The van der Waals surface area contributed by atoms with Gasteiger partial charge in [-0.05, 0) is 5.92 Å². The van der Waals surface area contributed by atoms with Gasteiger partial charge in [0, 0.05) is 13.5 Å². The normalized spacial score (nSPS) is 17.0. The third-order valence-electron chi connectivity index (χ3n) is 2.31. The molecule has 0 aromatic heterocycles. The molecular weight excluding hydrogens is 176 g/mol. The van der Waals surface area contributed by atoms with Crippen LogP contribution in [-0.4, -0.2) is 34.9 Å². The van der Waals surface area contributed by atoms with E-state index in [1.54, 1.807) is 0 Å². The highest BCUT2D eigenvalue weighted by Crippen LogP contribution is 2.38. The Morgan fingerprint density at radius 1 is 1.38 bits per heavy atom. The summed E-state index contributed by atoms with van der Waals surface area (Å²) < 4.78 is 4.61. The number of carbonyl (C=O) groups is 2. The summed E-state index contributed by atoms with van der Waals surface area (Å²) in [6, 6.07) is 0. The lowest BCUT2D eigenvalue weighted by atomic mass is 9.97. The molecule has 0 amide bonds. The van der Waals surface area contributed by atoms with E-state index >= 15 is 0 Å². The highest BCUT2D eigenvalue weighted by Gasteiger charge is 2.50. The summed E-state index contributed by atoms with van der Waals surface area (Å²) in [6.45, 7) is 0. The Kier molecular flexibility index (Phi) is 2.56. The summed E-state index contributed by atoms with van der Waals surface area (Å²) >= 11 is 0. The maximum Gasteiger partial charge on any atom is 0.347 e. The molecule has 1 fully saturated rings. The van der Waals surface area contributed by atoms with E-state index in [9.17, 15) is 9.59 Å². The van der Waals surface area contributed by atoms with Gasteiger partial charge in [-0.15, -0.1) is 0 Å². The Hall–Kier alpha value is -1.10.